The SMILES string of the molecule is CCOC(=O)C(=CN)c1ncc(F)cn1. The molecule has 1 heterocycles. The van der Waals surface area contributed by atoms with Crippen LogP contribution >= 0.6 is 0 Å². The summed E-state index contributed by atoms with van der Waals surface area (Å²) >= 11 is 0. The van der Waals surface area contributed by atoms with E-state index < -0.39 is 11.8 Å². The van der Waals surface area contributed by atoms with Gasteiger partial charge in [0.25, 0.3) is 0 Å². The molecule has 80 valence electrons. The van der Waals surface area contributed by atoms with E-state index in [1.807, 2.05) is 0 Å². The normalized spacial score (nSPS) is 11.2. The lowest BCUT2D eigenvalue weighted by atomic mass is 10.2. The van der Waals surface area contributed by atoms with Crippen molar-refractivity contribution in [3.05, 3.63) is 30.2 Å². The van der Waals surface area contributed by atoms with Gasteiger partial charge in [-0.05, 0) is 6.92 Å². The summed E-state index contributed by atoms with van der Waals surface area (Å²) in [6, 6.07) is 0. The first-order valence-corrected chi connectivity index (χ1v) is 4.26. The number of esters is 1. The van der Waals surface area contributed by atoms with E-state index in [2.05, 4.69) is 9.97 Å². The molecule has 0 aromatic carbocycles. The van der Waals surface area contributed by atoms with E-state index >= 15 is 0 Å². The highest BCUT2D eigenvalue weighted by Crippen LogP contribution is 2.09. The van der Waals surface area contributed by atoms with Crippen LogP contribution in [-0.2, 0) is 9.53 Å². The van der Waals surface area contributed by atoms with E-state index in [4.69, 9.17) is 10.5 Å². The average Bonchev–Trinajstić information content (AvgIpc) is 2.22. The van der Waals surface area contributed by atoms with Gasteiger partial charge in [-0.2, -0.15) is 0 Å². The lowest BCUT2D eigenvalue weighted by Crippen LogP contribution is -2.11. The molecule has 0 unspecified atom stereocenters. The van der Waals surface area contributed by atoms with Crippen LogP contribution in [0.3, 0.4) is 0 Å². The third-order valence-corrected chi connectivity index (χ3v) is 1.52. The molecule has 0 fully saturated rings. The van der Waals surface area contributed by atoms with Crippen LogP contribution < -0.4 is 5.73 Å². The molecule has 0 amide bonds. The van der Waals surface area contributed by atoms with E-state index in [-0.39, 0.29) is 18.0 Å². The molecular formula is C9H10FN3O2. The van der Waals surface area contributed by atoms with E-state index in [9.17, 15) is 9.18 Å². The number of hydrogen-bond acceptors (Lipinski definition) is 5. The number of rotatable bonds is 3. The molecule has 2 N–H and O–H groups in total. The van der Waals surface area contributed by atoms with Crippen LogP contribution in [0, 0.1) is 5.82 Å². The van der Waals surface area contributed by atoms with Crippen molar-refractivity contribution in [2.75, 3.05) is 6.61 Å². The molecule has 0 bridgehead atoms. The summed E-state index contributed by atoms with van der Waals surface area (Å²) in [6.07, 6.45) is 2.93. The summed E-state index contributed by atoms with van der Waals surface area (Å²) in [6.45, 7) is 1.88. The number of carbonyl (C=O) groups is 1. The van der Waals surface area contributed by atoms with E-state index in [1.54, 1.807) is 6.92 Å². The second-order valence-electron chi connectivity index (χ2n) is 2.53. The Morgan fingerprint density at radius 3 is 2.67 bits per heavy atom. The second kappa shape index (κ2) is 5.04. The topological polar surface area (TPSA) is 78.1 Å². The Hall–Kier alpha value is -1.98. The lowest BCUT2D eigenvalue weighted by Gasteiger charge is -2.03. The smallest absolute Gasteiger partial charge is 0.343 e. The van der Waals surface area contributed by atoms with Crippen LogP contribution in [0.1, 0.15) is 12.7 Å². The van der Waals surface area contributed by atoms with Crippen LogP contribution in [0.15, 0.2) is 18.6 Å². The monoisotopic (exact) mass is 211 g/mol. The summed E-state index contributed by atoms with van der Waals surface area (Å²) in [5.74, 6) is -1.18. The first kappa shape index (κ1) is 11.1. The van der Waals surface area contributed by atoms with Crippen molar-refractivity contribution in [2.24, 2.45) is 5.73 Å². The summed E-state index contributed by atoms with van der Waals surface area (Å²) in [7, 11) is 0. The number of halogens is 1. The Bertz CT molecular complexity index is 375. The molecule has 0 aliphatic rings. The molecule has 1 aromatic rings. The van der Waals surface area contributed by atoms with Crippen LogP contribution in [0.5, 0.6) is 0 Å². The van der Waals surface area contributed by atoms with Gasteiger partial charge in [-0.3, -0.25) is 0 Å². The number of nitrogens with two attached hydrogens (primary N) is 1. The number of hydrogen-bond donors (Lipinski definition) is 1. The number of nitrogens with zero attached hydrogens (tertiary/aromatic N) is 2. The fourth-order valence-electron chi connectivity index (χ4n) is 0.894. The molecule has 0 radical (unpaired) electrons. The van der Waals surface area contributed by atoms with Gasteiger partial charge in [0.15, 0.2) is 11.6 Å². The third kappa shape index (κ3) is 2.73. The van der Waals surface area contributed by atoms with Gasteiger partial charge in [0.1, 0.15) is 5.57 Å². The van der Waals surface area contributed by atoms with Crippen LogP contribution in [0.25, 0.3) is 5.57 Å². The number of ether oxygens (including phenoxy) is 1. The molecule has 0 aliphatic heterocycles. The number of aromatic nitrogens is 2. The molecule has 0 saturated carbocycles. The predicted molar refractivity (Wildman–Crippen MR) is 50.8 cm³/mol. The van der Waals surface area contributed by atoms with Crippen molar-refractivity contribution in [3.8, 4) is 0 Å². The minimum absolute atomic E-state index is 0.0110. The average molecular weight is 211 g/mol. The predicted octanol–water partition coefficient (Wildman–Crippen LogP) is 0.478. The fourth-order valence-corrected chi connectivity index (χ4v) is 0.894. The minimum Gasteiger partial charge on any atom is -0.462 e. The zero-order valence-electron chi connectivity index (χ0n) is 8.11. The van der Waals surface area contributed by atoms with Gasteiger partial charge >= 0.3 is 5.97 Å². The van der Waals surface area contributed by atoms with Crippen LogP contribution in [0.2, 0.25) is 0 Å². The molecule has 0 saturated heterocycles. The summed E-state index contributed by atoms with van der Waals surface area (Å²) in [5, 5.41) is 0. The van der Waals surface area contributed by atoms with Gasteiger partial charge in [-0.1, -0.05) is 0 Å². The Morgan fingerprint density at radius 2 is 2.20 bits per heavy atom. The maximum atomic E-state index is 12.5. The minimum atomic E-state index is -0.633. The van der Waals surface area contributed by atoms with Crippen molar-refractivity contribution in [2.45, 2.75) is 6.92 Å². The summed E-state index contributed by atoms with van der Waals surface area (Å²) < 4.78 is 17.2. The molecule has 0 spiro atoms. The van der Waals surface area contributed by atoms with Crippen LogP contribution in [-0.4, -0.2) is 22.5 Å². The maximum absolute atomic E-state index is 12.5. The second-order valence-corrected chi connectivity index (χ2v) is 2.53. The zero-order valence-corrected chi connectivity index (χ0v) is 8.11. The van der Waals surface area contributed by atoms with Crippen molar-refractivity contribution < 1.29 is 13.9 Å². The van der Waals surface area contributed by atoms with Gasteiger partial charge < -0.3 is 10.5 Å². The van der Waals surface area contributed by atoms with Crippen molar-refractivity contribution in [1.82, 2.24) is 9.97 Å². The third-order valence-electron chi connectivity index (χ3n) is 1.52. The molecule has 15 heavy (non-hydrogen) atoms. The first-order valence-electron chi connectivity index (χ1n) is 4.26. The molecule has 0 aliphatic carbocycles. The standard InChI is InChI=1S/C9H10FN3O2/c1-2-15-9(14)7(3-11)8-12-4-6(10)5-13-8/h3-5H,2,11H2,1H3. The Labute approximate surface area is 85.8 Å². The maximum Gasteiger partial charge on any atom is 0.343 e. The van der Waals surface area contributed by atoms with Gasteiger partial charge in [0.2, 0.25) is 0 Å². The van der Waals surface area contributed by atoms with E-state index in [0.29, 0.717) is 0 Å². The van der Waals surface area contributed by atoms with Gasteiger partial charge in [0.05, 0.1) is 19.0 Å². The molecule has 1 aromatic heterocycles. The van der Waals surface area contributed by atoms with Gasteiger partial charge in [-0.15, -0.1) is 0 Å². The van der Waals surface area contributed by atoms with Crippen molar-refractivity contribution >= 4 is 11.5 Å². The van der Waals surface area contributed by atoms with Crippen molar-refractivity contribution in [3.63, 3.8) is 0 Å². The Morgan fingerprint density at radius 1 is 1.60 bits per heavy atom. The molecule has 0 atom stereocenters. The zero-order chi connectivity index (χ0) is 11.3. The van der Waals surface area contributed by atoms with E-state index in [1.165, 1.54) is 0 Å². The quantitative estimate of drug-likeness (QED) is 0.581. The number of carbonyl (C=O) groups excluding carboxylic acids is 1. The van der Waals surface area contributed by atoms with E-state index in [0.717, 1.165) is 18.6 Å². The summed E-state index contributed by atoms with van der Waals surface area (Å²) in [5.41, 5.74) is 5.25. The fraction of sp³-hybridized carbons (Fsp3) is 0.222. The lowest BCUT2D eigenvalue weighted by molar-refractivity contribution is -0.136. The first-order chi connectivity index (χ1) is 7.19. The highest BCUT2D eigenvalue weighted by molar-refractivity contribution is 6.14. The van der Waals surface area contributed by atoms with Crippen LogP contribution in [0.4, 0.5) is 4.39 Å². The molecule has 6 heteroatoms. The Kier molecular flexibility index (Phi) is 3.73. The largest absolute Gasteiger partial charge is 0.462 e. The summed E-state index contributed by atoms with van der Waals surface area (Å²) in [4.78, 5) is 18.6. The molecule has 1 rings (SSSR count). The van der Waals surface area contributed by atoms with Crippen molar-refractivity contribution in [1.29, 1.82) is 0 Å². The highest BCUT2D eigenvalue weighted by atomic mass is 19.1. The highest BCUT2D eigenvalue weighted by Gasteiger charge is 2.15. The Balaban J connectivity index is 2.94. The molecular weight excluding hydrogens is 201 g/mol. The van der Waals surface area contributed by atoms with Gasteiger partial charge in [0, 0.05) is 6.20 Å². The molecule has 5 nitrogen and oxygen atoms in total. The van der Waals surface area contributed by atoms with Gasteiger partial charge in [-0.25, -0.2) is 19.2 Å².